The van der Waals surface area contributed by atoms with Gasteiger partial charge < -0.3 is 5.01 Å². The van der Waals surface area contributed by atoms with Crippen molar-refractivity contribution < 1.29 is 0 Å². The van der Waals surface area contributed by atoms with E-state index in [1.54, 1.807) is 0 Å². The summed E-state index contributed by atoms with van der Waals surface area (Å²) in [5.74, 6) is 0. The number of rotatable bonds is 3. The van der Waals surface area contributed by atoms with Crippen molar-refractivity contribution in [3.8, 4) is 0 Å². The fraction of sp³-hybridized carbons (Fsp3) is 0.500. The molecule has 0 aliphatic carbocycles. The second-order valence-electron chi connectivity index (χ2n) is 3.86. The van der Waals surface area contributed by atoms with Gasteiger partial charge in [0.25, 0.3) is 0 Å². The molecule has 3 heteroatoms. The molecular weight excluding hydrogens is 208 g/mol. The van der Waals surface area contributed by atoms with Crippen LogP contribution in [-0.4, -0.2) is 24.6 Å². The molecule has 1 aliphatic heterocycles. The maximum absolute atomic E-state index is 6.01. The van der Waals surface area contributed by atoms with Crippen LogP contribution in [0.25, 0.3) is 0 Å². The molecule has 0 spiro atoms. The maximum Gasteiger partial charge on any atom is 0.0536 e. The molecule has 1 aromatic carbocycles. The van der Waals surface area contributed by atoms with Gasteiger partial charge in [-0.2, -0.15) is 0 Å². The largest absolute Gasteiger partial charge is 0.306 e. The van der Waals surface area contributed by atoms with Gasteiger partial charge in [-0.1, -0.05) is 17.7 Å². The van der Waals surface area contributed by atoms with E-state index in [-0.39, 0.29) is 0 Å². The monoisotopic (exact) mass is 224 g/mol. The highest BCUT2D eigenvalue weighted by atomic mass is 35.5. The van der Waals surface area contributed by atoms with Crippen LogP contribution in [0.2, 0.25) is 5.02 Å². The minimum Gasteiger partial charge on any atom is -0.306 e. The molecule has 0 bridgehead atoms. The van der Waals surface area contributed by atoms with Crippen LogP contribution in [-0.2, 0) is 0 Å². The second-order valence-corrected chi connectivity index (χ2v) is 4.29. The molecule has 1 saturated heterocycles. The molecule has 1 aliphatic rings. The first kappa shape index (κ1) is 10.8. The van der Waals surface area contributed by atoms with Gasteiger partial charge >= 0.3 is 0 Å². The first-order valence-electron chi connectivity index (χ1n) is 5.59. The molecule has 15 heavy (non-hydrogen) atoms. The first-order valence-corrected chi connectivity index (χ1v) is 5.97. The van der Waals surface area contributed by atoms with Gasteiger partial charge in [0.05, 0.1) is 5.69 Å². The lowest BCUT2D eigenvalue weighted by Crippen LogP contribution is -2.40. The number of benzene rings is 1. The van der Waals surface area contributed by atoms with Crippen LogP contribution >= 0.6 is 11.6 Å². The van der Waals surface area contributed by atoms with Crippen molar-refractivity contribution in [2.75, 3.05) is 24.6 Å². The third-order valence-corrected chi connectivity index (χ3v) is 3.06. The highest BCUT2D eigenvalue weighted by Gasteiger charge is 2.18. The van der Waals surface area contributed by atoms with Gasteiger partial charge in [-0.3, -0.25) is 0 Å². The zero-order valence-electron chi connectivity index (χ0n) is 9.12. The highest BCUT2D eigenvalue weighted by Crippen LogP contribution is 2.23. The van der Waals surface area contributed by atoms with E-state index in [0.717, 1.165) is 11.6 Å². The van der Waals surface area contributed by atoms with E-state index >= 15 is 0 Å². The van der Waals surface area contributed by atoms with Crippen LogP contribution in [0.5, 0.6) is 0 Å². The van der Waals surface area contributed by atoms with Crippen molar-refractivity contribution in [3.63, 3.8) is 0 Å². The van der Waals surface area contributed by atoms with E-state index in [1.165, 1.54) is 31.6 Å². The van der Waals surface area contributed by atoms with Gasteiger partial charge in [-0.05, 0) is 38.0 Å². The molecule has 0 atom stereocenters. The third kappa shape index (κ3) is 2.44. The summed E-state index contributed by atoms with van der Waals surface area (Å²) in [6, 6.07) is 8.08. The summed E-state index contributed by atoms with van der Waals surface area (Å²) in [6.45, 7) is 5.51. The van der Waals surface area contributed by atoms with Gasteiger partial charge in [-0.25, -0.2) is 5.01 Å². The minimum atomic E-state index is 0.810. The molecule has 0 radical (unpaired) electrons. The molecule has 0 amide bonds. The Bertz CT molecular complexity index is 321. The molecule has 1 aromatic rings. The van der Waals surface area contributed by atoms with Crippen LogP contribution in [0.15, 0.2) is 24.3 Å². The standard InChI is InChI=1S/C12H17ClN2/c1-2-15(14-8-3-4-9-14)12-7-5-6-11(13)10-12/h5-7,10H,2-4,8-9H2,1H3. The van der Waals surface area contributed by atoms with Gasteiger partial charge in [0.1, 0.15) is 0 Å². The summed E-state index contributed by atoms with van der Waals surface area (Å²) in [7, 11) is 0. The van der Waals surface area contributed by atoms with Crippen LogP contribution in [0.1, 0.15) is 19.8 Å². The van der Waals surface area contributed by atoms with E-state index in [9.17, 15) is 0 Å². The van der Waals surface area contributed by atoms with E-state index in [0.29, 0.717) is 0 Å². The number of halogens is 1. The Morgan fingerprint density at radius 2 is 2.07 bits per heavy atom. The lowest BCUT2D eigenvalue weighted by atomic mass is 10.3. The summed E-state index contributed by atoms with van der Waals surface area (Å²) in [6.07, 6.45) is 2.61. The van der Waals surface area contributed by atoms with E-state index < -0.39 is 0 Å². The lowest BCUT2D eigenvalue weighted by Gasteiger charge is -2.32. The molecule has 0 unspecified atom stereocenters. The third-order valence-electron chi connectivity index (χ3n) is 2.83. The Morgan fingerprint density at radius 1 is 1.33 bits per heavy atom. The molecule has 0 aromatic heterocycles. The fourth-order valence-corrected chi connectivity index (χ4v) is 2.31. The number of hydrazine groups is 1. The van der Waals surface area contributed by atoms with Crippen molar-refractivity contribution >= 4 is 17.3 Å². The summed E-state index contributed by atoms with van der Waals surface area (Å²) >= 11 is 6.01. The lowest BCUT2D eigenvalue weighted by molar-refractivity contribution is 0.312. The molecule has 1 fully saturated rings. The quantitative estimate of drug-likeness (QED) is 0.778. The van der Waals surface area contributed by atoms with Crippen molar-refractivity contribution in [2.45, 2.75) is 19.8 Å². The molecule has 82 valence electrons. The summed E-state index contributed by atoms with van der Waals surface area (Å²) in [5.41, 5.74) is 1.20. The average molecular weight is 225 g/mol. The molecular formula is C12H17ClN2. The highest BCUT2D eigenvalue weighted by molar-refractivity contribution is 6.30. The number of anilines is 1. The number of hydrogen-bond acceptors (Lipinski definition) is 2. The van der Waals surface area contributed by atoms with Crippen molar-refractivity contribution in [1.29, 1.82) is 0 Å². The van der Waals surface area contributed by atoms with E-state index in [2.05, 4.69) is 23.0 Å². The molecule has 2 nitrogen and oxygen atoms in total. The van der Waals surface area contributed by atoms with Crippen molar-refractivity contribution in [1.82, 2.24) is 5.01 Å². The van der Waals surface area contributed by atoms with Crippen LogP contribution in [0, 0.1) is 0 Å². The van der Waals surface area contributed by atoms with E-state index in [4.69, 9.17) is 11.6 Å². The Balaban J connectivity index is 2.18. The maximum atomic E-state index is 6.01. The zero-order valence-corrected chi connectivity index (χ0v) is 9.87. The first-order chi connectivity index (χ1) is 7.31. The number of nitrogens with zero attached hydrogens (tertiary/aromatic N) is 2. The second kappa shape index (κ2) is 4.86. The van der Waals surface area contributed by atoms with Crippen molar-refractivity contribution in [3.05, 3.63) is 29.3 Å². The fourth-order valence-electron chi connectivity index (χ4n) is 2.12. The molecule has 1 heterocycles. The summed E-state index contributed by atoms with van der Waals surface area (Å²) < 4.78 is 0. The van der Waals surface area contributed by atoms with Crippen LogP contribution in [0.4, 0.5) is 5.69 Å². The normalized spacial score (nSPS) is 16.9. The van der Waals surface area contributed by atoms with Crippen molar-refractivity contribution in [2.24, 2.45) is 0 Å². The molecule has 2 rings (SSSR count). The topological polar surface area (TPSA) is 6.48 Å². The zero-order chi connectivity index (χ0) is 10.7. The molecule has 0 saturated carbocycles. The summed E-state index contributed by atoms with van der Waals surface area (Å²) in [4.78, 5) is 0. The Hall–Kier alpha value is -0.730. The Kier molecular flexibility index (Phi) is 3.49. The molecule has 0 N–H and O–H groups in total. The average Bonchev–Trinajstić information content (AvgIpc) is 2.72. The van der Waals surface area contributed by atoms with Gasteiger partial charge in [0.15, 0.2) is 0 Å². The Labute approximate surface area is 96.4 Å². The van der Waals surface area contributed by atoms with Gasteiger partial charge in [0, 0.05) is 24.7 Å². The predicted octanol–water partition coefficient (Wildman–Crippen LogP) is 3.18. The smallest absolute Gasteiger partial charge is 0.0536 e. The minimum absolute atomic E-state index is 0.810. The number of hydrogen-bond donors (Lipinski definition) is 0. The van der Waals surface area contributed by atoms with E-state index in [1.807, 2.05) is 18.2 Å². The van der Waals surface area contributed by atoms with Crippen LogP contribution < -0.4 is 5.01 Å². The predicted molar refractivity (Wildman–Crippen MR) is 65.3 cm³/mol. The van der Waals surface area contributed by atoms with Gasteiger partial charge in [-0.15, -0.1) is 0 Å². The van der Waals surface area contributed by atoms with Crippen LogP contribution in [0.3, 0.4) is 0 Å². The SMILES string of the molecule is CCN(c1cccc(Cl)c1)N1CCCC1. The Morgan fingerprint density at radius 3 is 2.67 bits per heavy atom. The van der Waals surface area contributed by atoms with Gasteiger partial charge in [0.2, 0.25) is 0 Å². The summed E-state index contributed by atoms with van der Waals surface area (Å²) in [5, 5.41) is 5.54.